The van der Waals surface area contributed by atoms with Gasteiger partial charge in [0.1, 0.15) is 23.3 Å². The molecular weight excluding hydrogens is 547 g/mol. The second kappa shape index (κ2) is 20.4. The van der Waals surface area contributed by atoms with Crippen LogP contribution in [0.25, 0.3) is 10.8 Å². The third kappa shape index (κ3) is 15.0. The van der Waals surface area contributed by atoms with Gasteiger partial charge in [-0.15, -0.1) is 0 Å². The molecule has 168 valence electrons. The Balaban J connectivity index is 0.000000491. The fraction of sp³-hybridized carbons (Fsp3) is 0. The van der Waals surface area contributed by atoms with Gasteiger partial charge in [-0.3, -0.25) is 0 Å². The Morgan fingerprint density at radius 3 is 0.879 bits per heavy atom. The fourth-order valence-corrected chi connectivity index (χ4v) is 2.01. The Morgan fingerprint density at radius 1 is 0.515 bits per heavy atom. The maximum Gasteiger partial charge on any atom is 2.00 e. The second-order valence-electron chi connectivity index (χ2n) is 5.29. The average Bonchev–Trinajstić information content (AvgIpc) is 2.83. The molecule has 0 fully saturated rings. The van der Waals surface area contributed by atoms with Gasteiger partial charge in [0, 0.05) is 24.8 Å². The number of hydrogen-bond acceptors (Lipinski definition) is 8. The van der Waals surface area contributed by atoms with Gasteiger partial charge in [0.25, 0.3) is 0 Å². The summed E-state index contributed by atoms with van der Waals surface area (Å²) in [6, 6.07) is 22.8. The zero-order chi connectivity index (χ0) is 23.3. The van der Waals surface area contributed by atoms with Crippen molar-refractivity contribution in [1.29, 1.82) is 0 Å². The molecule has 0 radical (unpaired) electrons. The summed E-state index contributed by atoms with van der Waals surface area (Å²) in [4.78, 5) is 16.5. The molecule has 8 nitrogen and oxygen atoms in total. The zero-order valence-electron chi connectivity index (χ0n) is 17.1. The third-order valence-corrected chi connectivity index (χ3v) is 3.17. The van der Waals surface area contributed by atoms with Crippen LogP contribution in [-0.4, -0.2) is 30.3 Å². The predicted molar refractivity (Wildman–Crippen MR) is 135 cm³/mol. The number of aromatic nitrogens is 4. The molecule has 4 heterocycles. The van der Waals surface area contributed by atoms with Gasteiger partial charge >= 0.3 is 20.4 Å². The van der Waals surface area contributed by atoms with E-state index in [4.69, 9.17) is 10.8 Å². The number of nitrogens with zero attached hydrogens (tertiary/aromatic N) is 6. The van der Waals surface area contributed by atoms with Gasteiger partial charge in [-0.2, -0.15) is 10.3 Å². The standard InChI is InChI=1S/2C10H9N3.2CNS.Pd/c2*1-3-7-11-9(5-1)13-10-6-2-4-8-12-10;2*2-1-3;/h2*1-8H,(H,11,12,13);;;/q;;2*-1;+2. The van der Waals surface area contributed by atoms with Gasteiger partial charge in [0.2, 0.25) is 0 Å². The van der Waals surface area contributed by atoms with Crippen molar-refractivity contribution in [3.63, 3.8) is 0 Å². The van der Waals surface area contributed by atoms with Crippen LogP contribution in [0.15, 0.2) is 97.6 Å². The van der Waals surface area contributed by atoms with E-state index in [1.54, 1.807) is 24.8 Å². The molecule has 0 saturated carbocycles. The molecule has 33 heavy (non-hydrogen) atoms. The molecule has 0 atom stereocenters. The molecule has 0 saturated heterocycles. The summed E-state index contributed by atoms with van der Waals surface area (Å²) in [7, 11) is 0. The number of isothiocyanates is 2. The van der Waals surface area contributed by atoms with Gasteiger partial charge in [-0.25, -0.2) is 19.9 Å². The van der Waals surface area contributed by atoms with E-state index in [0.29, 0.717) is 0 Å². The summed E-state index contributed by atoms with van der Waals surface area (Å²) in [5.41, 5.74) is 0. The van der Waals surface area contributed by atoms with Crippen molar-refractivity contribution in [2.75, 3.05) is 10.6 Å². The van der Waals surface area contributed by atoms with Gasteiger partial charge in [-0.05, 0) is 48.5 Å². The van der Waals surface area contributed by atoms with Crippen LogP contribution >= 0.6 is 24.4 Å². The molecule has 4 rings (SSSR count). The van der Waals surface area contributed by atoms with Crippen molar-refractivity contribution in [2.24, 2.45) is 0 Å². The summed E-state index contributed by atoms with van der Waals surface area (Å²) >= 11 is 7.40. The minimum Gasteiger partial charge on any atom is -0.753 e. The summed E-state index contributed by atoms with van der Waals surface area (Å²) in [5, 5.41) is 23.1. The molecule has 0 spiro atoms. The van der Waals surface area contributed by atoms with Crippen LogP contribution in [0, 0.1) is 0 Å². The van der Waals surface area contributed by atoms with Crippen LogP contribution in [0.3, 0.4) is 0 Å². The monoisotopic (exact) mass is 564 g/mol. The van der Waals surface area contributed by atoms with E-state index < -0.39 is 0 Å². The second-order valence-corrected chi connectivity index (χ2v) is 5.66. The molecular formula is C22H18N8PdS2. The SMILES string of the molecule is [N-]=C=S.[N-]=C=S.[Pd+2].c1ccc(Nc2ccccn2)nc1.c1ccc(Nc2ccccn2)nc1. The Morgan fingerprint density at radius 2 is 0.727 bits per heavy atom. The Bertz CT molecular complexity index is 897. The number of nitrogens with one attached hydrogen (secondary N) is 2. The van der Waals surface area contributed by atoms with Crippen LogP contribution in [0.1, 0.15) is 0 Å². The quantitative estimate of drug-likeness (QED) is 0.182. The van der Waals surface area contributed by atoms with E-state index in [1.807, 2.05) is 72.8 Å². The van der Waals surface area contributed by atoms with E-state index in [9.17, 15) is 0 Å². The molecule has 0 aliphatic rings. The van der Waals surface area contributed by atoms with Crippen molar-refractivity contribution in [2.45, 2.75) is 0 Å². The Kier molecular flexibility index (Phi) is 18.2. The Hall–Kier alpha value is -3.54. The molecule has 4 aromatic rings. The maximum atomic E-state index is 7.13. The predicted octanol–water partition coefficient (Wildman–Crippen LogP) is 5.76. The number of rotatable bonds is 4. The number of pyridine rings is 4. The molecule has 0 amide bonds. The molecule has 0 aromatic carbocycles. The topological polar surface area (TPSA) is 120 Å². The molecule has 0 aliphatic carbocycles. The van der Waals surface area contributed by atoms with Gasteiger partial charge in [-0.1, -0.05) is 48.7 Å². The molecule has 0 bridgehead atoms. The summed E-state index contributed by atoms with van der Waals surface area (Å²) < 4.78 is 0. The van der Waals surface area contributed by atoms with Crippen LogP contribution in [-0.2, 0) is 20.4 Å². The van der Waals surface area contributed by atoms with E-state index in [-0.39, 0.29) is 20.4 Å². The summed E-state index contributed by atoms with van der Waals surface area (Å²) in [5.74, 6) is 3.23. The fourth-order valence-electron chi connectivity index (χ4n) is 2.01. The van der Waals surface area contributed by atoms with Crippen LogP contribution < -0.4 is 10.6 Å². The van der Waals surface area contributed by atoms with E-state index in [2.05, 4.69) is 55.0 Å². The van der Waals surface area contributed by atoms with Crippen LogP contribution in [0.2, 0.25) is 0 Å². The van der Waals surface area contributed by atoms with E-state index >= 15 is 0 Å². The van der Waals surface area contributed by atoms with Crippen LogP contribution in [0.5, 0.6) is 0 Å². The van der Waals surface area contributed by atoms with Gasteiger partial charge in [0.15, 0.2) is 0 Å². The van der Waals surface area contributed by atoms with Crippen LogP contribution in [0.4, 0.5) is 23.3 Å². The summed E-state index contributed by atoms with van der Waals surface area (Å²) in [6.07, 6.45) is 6.97. The van der Waals surface area contributed by atoms with Gasteiger partial charge in [0.05, 0.1) is 0 Å². The largest absolute Gasteiger partial charge is 2.00 e. The van der Waals surface area contributed by atoms with Gasteiger partial charge < -0.3 is 21.5 Å². The first kappa shape index (κ1) is 29.5. The van der Waals surface area contributed by atoms with Crippen molar-refractivity contribution in [3.8, 4) is 0 Å². The smallest absolute Gasteiger partial charge is 0.753 e. The minimum absolute atomic E-state index is 0. The number of thiocarbonyl (C=S) groups is 2. The zero-order valence-corrected chi connectivity index (χ0v) is 20.2. The van der Waals surface area contributed by atoms with Crippen molar-refractivity contribution >= 4 is 58.0 Å². The van der Waals surface area contributed by atoms with Crippen molar-refractivity contribution in [1.82, 2.24) is 19.9 Å². The first-order valence-corrected chi connectivity index (χ1v) is 9.75. The first-order chi connectivity index (χ1) is 15.7. The molecule has 4 aromatic heterocycles. The maximum absolute atomic E-state index is 7.13. The normalized spacial score (nSPS) is 8.00. The number of anilines is 4. The van der Waals surface area contributed by atoms with E-state index in [1.165, 1.54) is 10.3 Å². The molecule has 0 aliphatic heterocycles. The molecule has 0 unspecified atom stereocenters. The summed E-state index contributed by atoms with van der Waals surface area (Å²) in [6.45, 7) is 0. The number of hydrogen-bond donors (Lipinski definition) is 2. The Labute approximate surface area is 216 Å². The molecule has 2 N–H and O–H groups in total. The van der Waals surface area contributed by atoms with Crippen molar-refractivity contribution in [3.05, 3.63) is 108 Å². The molecule has 11 heteroatoms. The average molecular weight is 565 g/mol. The minimum atomic E-state index is 0. The third-order valence-electron chi connectivity index (χ3n) is 3.17. The van der Waals surface area contributed by atoms with Crippen molar-refractivity contribution < 1.29 is 20.4 Å². The van der Waals surface area contributed by atoms with E-state index in [0.717, 1.165) is 23.3 Å². The first-order valence-electron chi connectivity index (χ1n) is 8.94.